The van der Waals surface area contributed by atoms with Crippen molar-refractivity contribution in [3.05, 3.63) is 35.4 Å². The Bertz CT molecular complexity index is 608. The highest BCUT2D eigenvalue weighted by Crippen LogP contribution is 2.19. The van der Waals surface area contributed by atoms with Crippen molar-refractivity contribution in [1.29, 1.82) is 0 Å². The Morgan fingerprint density at radius 2 is 2.04 bits per heavy atom. The Morgan fingerprint density at radius 1 is 1.26 bits per heavy atom. The number of guanidine groups is 1. The zero-order valence-corrected chi connectivity index (χ0v) is 17.1. The lowest BCUT2D eigenvalue weighted by molar-refractivity contribution is 0.0963. The molecule has 1 aliphatic heterocycles. The summed E-state index contributed by atoms with van der Waals surface area (Å²) in [5.41, 5.74) is 1.85. The van der Waals surface area contributed by atoms with Crippen molar-refractivity contribution < 1.29 is 4.79 Å². The number of nitrogens with one attached hydrogen (secondary N) is 3. The van der Waals surface area contributed by atoms with E-state index in [0.29, 0.717) is 5.56 Å². The van der Waals surface area contributed by atoms with E-state index in [1.54, 1.807) is 7.05 Å². The minimum atomic E-state index is -0.0476. The molecule has 6 heteroatoms. The third kappa shape index (κ3) is 7.59. The van der Waals surface area contributed by atoms with E-state index in [-0.39, 0.29) is 5.91 Å². The average molecular weight is 374 g/mol. The molecule has 0 spiro atoms. The molecule has 1 fully saturated rings. The molecule has 3 N–H and O–H groups in total. The average Bonchev–Trinajstić information content (AvgIpc) is 2.69. The van der Waals surface area contributed by atoms with Crippen LogP contribution in [-0.2, 0) is 6.42 Å². The Morgan fingerprint density at radius 3 is 2.74 bits per heavy atom. The fraction of sp³-hybridized carbons (Fsp3) is 0.619. The summed E-state index contributed by atoms with van der Waals surface area (Å²) < 4.78 is 0. The van der Waals surface area contributed by atoms with E-state index in [1.807, 2.05) is 18.2 Å². The number of carbonyl (C=O) groups excluding carboxylic acids is 1. The first kappa shape index (κ1) is 21.2. The quantitative estimate of drug-likeness (QED) is 0.481. The lowest BCUT2D eigenvalue weighted by Crippen LogP contribution is -2.38. The van der Waals surface area contributed by atoms with Gasteiger partial charge in [0, 0.05) is 32.2 Å². The van der Waals surface area contributed by atoms with E-state index in [4.69, 9.17) is 4.99 Å². The first-order valence-electron chi connectivity index (χ1n) is 10.1. The molecule has 0 atom stereocenters. The third-order valence-electron chi connectivity index (χ3n) is 5.11. The van der Waals surface area contributed by atoms with Crippen LogP contribution in [0.25, 0.3) is 0 Å². The summed E-state index contributed by atoms with van der Waals surface area (Å²) in [5, 5.41) is 9.39. The van der Waals surface area contributed by atoms with Crippen LogP contribution in [0.5, 0.6) is 0 Å². The number of rotatable bonds is 8. The van der Waals surface area contributed by atoms with Crippen molar-refractivity contribution in [2.45, 2.75) is 32.6 Å². The molecule has 0 bridgehead atoms. The Kier molecular flexibility index (Phi) is 9.11. The Hall–Kier alpha value is -2.08. The zero-order valence-electron chi connectivity index (χ0n) is 17.1. The summed E-state index contributed by atoms with van der Waals surface area (Å²) in [6, 6.07) is 7.77. The molecule has 0 radical (unpaired) electrons. The highest BCUT2D eigenvalue weighted by Gasteiger charge is 2.15. The van der Waals surface area contributed by atoms with Gasteiger partial charge >= 0.3 is 0 Å². The molecule has 1 aromatic carbocycles. The first-order chi connectivity index (χ1) is 13.1. The number of piperidine rings is 1. The van der Waals surface area contributed by atoms with Crippen LogP contribution in [0.4, 0.5) is 0 Å². The predicted molar refractivity (Wildman–Crippen MR) is 112 cm³/mol. The minimum Gasteiger partial charge on any atom is -0.357 e. The molecule has 1 saturated heterocycles. The third-order valence-corrected chi connectivity index (χ3v) is 5.11. The summed E-state index contributed by atoms with van der Waals surface area (Å²) in [6.45, 7) is 7.02. The normalized spacial score (nSPS) is 16.2. The van der Waals surface area contributed by atoms with Gasteiger partial charge in [0.2, 0.25) is 0 Å². The van der Waals surface area contributed by atoms with Crippen molar-refractivity contribution in [3.8, 4) is 0 Å². The lowest BCUT2D eigenvalue weighted by Gasteiger charge is -2.28. The molecule has 2 rings (SSSR count). The van der Waals surface area contributed by atoms with Gasteiger partial charge in [0.05, 0.1) is 0 Å². The van der Waals surface area contributed by atoms with Gasteiger partial charge in [-0.05, 0) is 76.4 Å². The van der Waals surface area contributed by atoms with Gasteiger partial charge in [0.25, 0.3) is 5.91 Å². The largest absolute Gasteiger partial charge is 0.357 e. The maximum Gasteiger partial charge on any atom is 0.251 e. The van der Waals surface area contributed by atoms with Crippen LogP contribution in [0, 0.1) is 5.92 Å². The molecular formula is C21H35N5O. The number of likely N-dealkylation sites (tertiary alicyclic amines) is 1. The van der Waals surface area contributed by atoms with Gasteiger partial charge in [0.15, 0.2) is 5.96 Å². The van der Waals surface area contributed by atoms with Crippen LogP contribution in [0.1, 0.15) is 42.1 Å². The minimum absolute atomic E-state index is 0.0476. The van der Waals surface area contributed by atoms with Gasteiger partial charge in [-0.3, -0.25) is 9.79 Å². The van der Waals surface area contributed by atoms with E-state index in [1.165, 1.54) is 32.4 Å². The van der Waals surface area contributed by atoms with Crippen molar-refractivity contribution in [2.24, 2.45) is 10.9 Å². The van der Waals surface area contributed by atoms with Gasteiger partial charge in [-0.25, -0.2) is 0 Å². The van der Waals surface area contributed by atoms with Crippen molar-refractivity contribution >= 4 is 11.9 Å². The van der Waals surface area contributed by atoms with E-state index in [2.05, 4.69) is 40.9 Å². The summed E-state index contributed by atoms with van der Waals surface area (Å²) in [5.74, 6) is 1.64. The summed E-state index contributed by atoms with van der Waals surface area (Å²) >= 11 is 0. The molecule has 0 unspecified atom stereocenters. The van der Waals surface area contributed by atoms with Crippen LogP contribution in [0.3, 0.4) is 0 Å². The Balaban J connectivity index is 1.77. The number of carbonyl (C=O) groups is 1. The van der Waals surface area contributed by atoms with Gasteiger partial charge in [-0.1, -0.05) is 12.1 Å². The Labute approximate surface area is 163 Å². The second-order valence-corrected chi connectivity index (χ2v) is 7.25. The summed E-state index contributed by atoms with van der Waals surface area (Å²) in [6.07, 6.45) is 4.60. The highest BCUT2D eigenvalue weighted by atomic mass is 16.1. The molecular weight excluding hydrogens is 338 g/mol. The van der Waals surface area contributed by atoms with Crippen LogP contribution >= 0.6 is 0 Å². The molecule has 0 saturated carbocycles. The SMILES string of the molecule is CCNC(=NCCC1CCN(C)CC1)NCCc1cccc(C(=O)NC)c1. The summed E-state index contributed by atoms with van der Waals surface area (Å²) in [7, 11) is 3.85. The molecule has 0 aliphatic carbocycles. The highest BCUT2D eigenvalue weighted by molar-refractivity contribution is 5.94. The molecule has 1 aromatic rings. The number of nitrogens with zero attached hydrogens (tertiary/aromatic N) is 2. The predicted octanol–water partition coefficient (Wildman–Crippen LogP) is 1.88. The smallest absolute Gasteiger partial charge is 0.251 e. The first-order valence-corrected chi connectivity index (χ1v) is 10.1. The van der Waals surface area contributed by atoms with Gasteiger partial charge in [-0.2, -0.15) is 0 Å². The van der Waals surface area contributed by atoms with Crippen molar-refractivity contribution in [1.82, 2.24) is 20.9 Å². The maximum atomic E-state index is 11.7. The van der Waals surface area contributed by atoms with Crippen molar-refractivity contribution in [2.75, 3.05) is 46.8 Å². The maximum absolute atomic E-state index is 11.7. The molecule has 6 nitrogen and oxygen atoms in total. The molecule has 1 amide bonds. The van der Waals surface area contributed by atoms with E-state index >= 15 is 0 Å². The number of amides is 1. The zero-order chi connectivity index (χ0) is 19.5. The lowest BCUT2D eigenvalue weighted by atomic mass is 9.94. The van der Waals surface area contributed by atoms with Crippen LogP contribution in [0.15, 0.2) is 29.3 Å². The second-order valence-electron chi connectivity index (χ2n) is 7.25. The topological polar surface area (TPSA) is 68.8 Å². The molecule has 150 valence electrons. The number of benzene rings is 1. The van der Waals surface area contributed by atoms with Crippen LogP contribution in [-0.4, -0.2) is 63.6 Å². The fourth-order valence-electron chi connectivity index (χ4n) is 3.39. The molecule has 1 heterocycles. The van der Waals surface area contributed by atoms with Gasteiger partial charge < -0.3 is 20.9 Å². The number of hydrogen-bond acceptors (Lipinski definition) is 3. The molecule has 27 heavy (non-hydrogen) atoms. The van der Waals surface area contributed by atoms with Gasteiger partial charge in [0.1, 0.15) is 0 Å². The standard InChI is InChI=1S/C21H35N5O/c1-4-23-21(24-12-8-17-10-14-26(3)15-11-17)25-13-9-18-6-5-7-19(16-18)20(27)22-2/h5-7,16-17H,4,8-15H2,1-3H3,(H,22,27)(H2,23,24,25). The van der Waals surface area contributed by atoms with Crippen LogP contribution in [0.2, 0.25) is 0 Å². The number of aliphatic imine (C=N–C) groups is 1. The van der Waals surface area contributed by atoms with E-state index < -0.39 is 0 Å². The molecule has 0 aromatic heterocycles. The monoisotopic (exact) mass is 373 g/mol. The van der Waals surface area contributed by atoms with E-state index in [9.17, 15) is 4.79 Å². The van der Waals surface area contributed by atoms with E-state index in [0.717, 1.165) is 43.5 Å². The van der Waals surface area contributed by atoms with Crippen LogP contribution < -0.4 is 16.0 Å². The van der Waals surface area contributed by atoms with Gasteiger partial charge in [-0.15, -0.1) is 0 Å². The summed E-state index contributed by atoms with van der Waals surface area (Å²) in [4.78, 5) is 18.9. The number of hydrogen-bond donors (Lipinski definition) is 3. The molecule has 1 aliphatic rings. The van der Waals surface area contributed by atoms with Crippen molar-refractivity contribution in [3.63, 3.8) is 0 Å². The second kappa shape index (κ2) is 11.6. The fourth-order valence-corrected chi connectivity index (χ4v) is 3.39.